The number of likely N-dealkylation sites (N-methyl/N-ethyl adjacent to an activating group) is 1. The Morgan fingerprint density at radius 1 is 1.08 bits per heavy atom. The van der Waals surface area contributed by atoms with E-state index in [1.54, 1.807) is 0 Å². The third-order valence-corrected chi connectivity index (χ3v) is 5.02. The van der Waals surface area contributed by atoms with Crippen LogP contribution in [0.3, 0.4) is 0 Å². The molecule has 0 unspecified atom stereocenters. The largest absolute Gasteiger partial charge is 0.381 e. The van der Waals surface area contributed by atoms with Gasteiger partial charge in [-0.25, -0.2) is 0 Å². The van der Waals surface area contributed by atoms with E-state index in [2.05, 4.69) is 24.1 Å². The molecule has 0 saturated carbocycles. The van der Waals surface area contributed by atoms with Crippen molar-refractivity contribution in [2.45, 2.75) is 12.3 Å². The topological polar surface area (TPSA) is 32.8 Å². The fraction of sp³-hybridized carbons (Fsp3) is 0.350. The van der Waals surface area contributed by atoms with E-state index >= 15 is 0 Å². The van der Waals surface area contributed by atoms with Gasteiger partial charge in [0.05, 0.1) is 18.0 Å². The summed E-state index contributed by atoms with van der Waals surface area (Å²) >= 11 is 0. The van der Waals surface area contributed by atoms with Gasteiger partial charge in [0, 0.05) is 38.2 Å². The van der Waals surface area contributed by atoms with E-state index in [0.29, 0.717) is 12.5 Å². The molecule has 2 aromatic carbocycles. The van der Waals surface area contributed by atoms with Gasteiger partial charge >= 0.3 is 0 Å². The maximum absolute atomic E-state index is 13.1. The van der Waals surface area contributed by atoms with Gasteiger partial charge in [-0.05, 0) is 36.2 Å². The van der Waals surface area contributed by atoms with Crippen molar-refractivity contribution < 1.29 is 9.53 Å². The number of nitrogens with zero attached hydrogens (tertiary/aromatic N) is 2. The van der Waals surface area contributed by atoms with E-state index in [4.69, 9.17) is 4.74 Å². The van der Waals surface area contributed by atoms with E-state index in [1.807, 2.05) is 41.3 Å². The molecule has 24 heavy (non-hydrogen) atoms. The van der Waals surface area contributed by atoms with Gasteiger partial charge in [0.1, 0.15) is 0 Å². The Morgan fingerprint density at radius 3 is 2.71 bits per heavy atom. The summed E-state index contributed by atoms with van der Waals surface area (Å²) in [5.74, 6) is 0.494. The molecule has 2 aliphatic heterocycles. The Morgan fingerprint density at radius 2 is 1.92 bits per heavy atom. The Kier molecular flexibility index (Phi) is 3.98. The lowest BCUT2D eigenvalue weighted by atomic mass is 9.96. The van der Waals surface area contributed by atoms with Crippen LogP contribution in [-0.4, -0.2) is 39.3 Å². The number of hydrogen-bond acceptors (Lipinski definition) is 3. The van der Waals surface area contributed by atoms with Gasteiger partial charge in [0.25, 0.3) is 5.91 Å². The lowest BCUT2D eigenvalue weighted by Gasteiger charge is -2.35. The molecule has 2 heterocycles. The van der Waals surface area contributed by atoms with Crippen LogP contribution in [0.15, 0.2) is 48.5 Å². The van der Waals surface area contributed by atoms with Crippen LogP contribution in [0.2, 0.25) is 0 Å². The van der Waals surface area contributed by atoms with Gasteiger partial charge in [-0.1, -0.05) is 24.3 Å². The number of carbonyl (C=O) groups excluding carboxylic acids is 1. The molecule has 0 aromatic heterocycles. The number of carbonyl (C=O) groups is 1. The van der Waals surface area contributed by atoms with Crippen molar-refractivity contribution in [2.24, 2.45) is 0 Å². The standard InChI is InChI=1S/C20H22N2O2/c1-21-10-11-22(19-8-3-2-7-18(19)21)20(23)16-6-4-5-15(13-16)17-9-12-24-14-17/h2-8,13,17H,9-12,14H2,1H3/t17-/m0/s1. The molecule has 1 saturated heterocycles. The van der Waals surface area contributed by atoms with Gasteiger partial charge < -0.3 is 14.5 Å². The minimum atomic E-state index is 0.0799. The number of ether oxygens (including phenoxy) is 1. The van der Waals surface area contributed by atoms with Crippen LogP contribution in [0.5, 0.6) is 0 Å². The number of anilines is 2. The predicted octanol–water partition coefficient (Wildman–Crippen LogP) is 3.29. The monoisotopic (exact) mass is 322 g/mol. The summed E-state index contributed by atoms with van der Waals surface area (Å²) in [7, 11) is 2.07. The molecule has 2 aliphatic rings. The fourth-order valence-electron chi connectivity index (χ4n) is 3.60. The quantitative estimate of drug-likeness (QED) is 0.850. The highest BCUT2D eigenvalue weighted by molar-refractivity contribution is 6.08. The second kappa shape index (κ2) is 6.29. The van der Waals surface area contributed by atoms with Crippen molar-refractivity contribution >= 4 is 17.3 Å². The third kappa shape index (κ3) is 2.67. The third-order valence-electron chi connectivity index (χ3n) is 5.02. The molecule has 0 bridgehead atoms. The zero-order chi connectivity index (χ0) is 16.5. The minimum absolute atomic E-state index is 0.0799. The maximum atomic E-state index is 13.1. The minimum Gasteiger partial charge on any atom is -0.381 e. The van der Waals surface area contributed by atoms with Crippen LogP contribution in [0.1, 0.15) is 28.3 Å². The number of rotatable bonds is 2. The van der Waals surface area contributed by atoms with Crippen molar-refractivity contribution in [1.82, 2.24) is 0 Å². The van der Waals surface area contributed by atoms with Crippen LogP contribution in [0.25, 0.3) is 0 Å². The molecule has 4 nitrogen and oxygen atoms in total. The fourth-order valence-corrected chi connectivity index (χ4v) is 3.60. The summed E-state index contributed by atoms with van der Waals surface area (Å²) in [5, 5.41) is 0. The summed E-state index contributed by atoms with van der Waals surface area (Å²) in [4.78, 5) is 17.2. The normalized spacial score (nSPS) is 20.1. The zero-order valence-electron chi connectivity index (χ0n) is 13.9. The number of amides is 1. The number of benzene rings is 2. The van der Waals surface area contributed by atoms with Crippen molar-refractivity contribution in [2.75, 3.05) is 43.2 Å². The molecule has 0 spiro atoms. The SMILES string of the molecule is CN1CCN(C(=O)c2cccc([C@H]3CCOC3)c2)c2ccccc21. The molecular weight excluding hydrogens is 300 g/mol. The van der Waals surface area contributed by atoms with Crippen LogP contribution >= 0.6 is 0 Å². The second-order valence-electron chi connectivity index (χ2n) is 6.55. The first kappa shape index (κ1) is 15.2. The van der Waals surface area contributed by atoms with Gasteiger partial charge in [0.2, 0.25) is 0 Å². The highest BCUT2D eigenvalue weighted by atomic mass is 16.5. The molecule has 1 amide bonds. The zero-order valence-corrected chi connectivity index (χ0v) is 13.9. The Hall–Kier alpha value is -2.33. The first-order valence-electron chi connectivity index (χ1n) is 8.54. The smallest absolute Gasteiger partial charge is 0.258 e. The number of para-hydroxylation sites is 2. The van der Waals surface area contributed by atoms with Crippen LogP contribution < -0.4 is 9.80 Å². The lowest BCUT2D eigenvalue weighted by molar-refractivity contribution is 0.0986. The highest BCUT2D eigenvalue weighted by Gasteiger charge is 2.26. The van der Waals surface area contributed by atoms with E-state index < -0.39 is 0 Å². The molecule has 0 aliphatic carbocycles. The molecule has 0 N–H and O–H groups in total. The average molecular weight is 322 g/mol. The Bertz CT molecular complexity index is 753. The van der Waals surface area contributed by atoms with Gasteiger partial charge in [-0.3, -0.25) is 4.79 Å². The Labute approximate surface area is 142 Å². The molecule has 4 heteroatoms. The Balaban J connectivity index is 1.65. The maximum Gasteiger partial charge on any atom is 0.258 e. The molecule has 124 valence electrons. The van der Waals surface area contributed by atoms with Crippen molar-refractivity contribution in [1.29, 1.82) is 0 Å². The first-order chi connectivity index (χ1) is 11.7. The van der Waals surface area contributed by atoms with Crippen LogP contribution in [0.4, 0.5) is 11.4 Å². The molecule has 1 atom stereocenters. The molecule has 1 fully saturated rings. The lowest BCUT2D eigenvalue weighted by Crippen LogP contribution is -2.42. The van der Waals surface area contributed by atoms with E-state index in [1.165, 1.54) is 5.56 Å². The number of fused-ring (bicyclic) bond motifs is 1. The van der Waals surface area contributed by atoms with Gasteiger partial charge in [-0.2, -0.15) is 0 Å². The van der Waals surface area contributed by atoms with E-state index in [0.717, 1.165) is 43.1 Å². The summed E-state index contributed by atoms with van der Waals surface area (Å²) in [6.45, 7) is 3.13. The summed E-state index contributed by atoms with van der Waals surface area (Å²) < 4.78 is 5.49. The molecule has 2 aromatic rings. The van der Waals surface area contributed by atoms with Crippen LogP contribution in [0, 0.1) is 0 Å². The van der Waals surface area contributed by atoms with E-state index in [-0.39, 0.29) is 5.91 Å². The average Bonchev–Trinajstić information content (AvgIpc) is 3.17. The van der Waals surface area contributed by atoms with E-state index in [9.17, 15) is 4.79 Å². The van der Waals surface area contributed by atoms with Crippen molar-refractivity contribution in [3.8, 4) is 0 Å². The molecular formula is C20H22N2O2. The summed E-state index contributed by atoms with van der Waals surface area (Å²) in [6, 6.07) is 16.2. The predicted molar refractivity (Wildman–Crippen MR) is 96.0 cm³/mol. The number of hydrogen-bond donors (Lipinski definition) is 0. The van der Waals surface area contributed by atoms with Crippen molar-refractivity contribution in [3.63, 3.8) is 0 Å². The van der Waals surface area contributed by atoms with Gasteiger partial charge in [0.15, 0.2) is 0 Å². The van der Waals surface area contributed by atoms with Crippen molar-refractivity contribution in [3.05, 3.63) is 59.7 Å². The summed E-state index contributed by atoms with van der Waals surface area (Å²) in [5.41, 5.74) is 4.07. The summed E-state index contributed by atoms with van der Waals surface area (Å²) in [6.07, 6.45) is 1.04. The first-order valence-corrected chi connectivity index (χ1v) is 8.54. The van der Waals surface area contributed by atoms with Crippen LogP contribution in [-0.2, 0) is 4.74 Å². The molecule has 0 radical (unpaired) electrons. The highest BCUT2D eigenvalue weighted by Crippen LogP contribution is 2.33. The van der Waals surface area contributed by atoms with Gasteiger partial charge in [-0.15, -0.1) is 0 Å². The second-order valence-corrected chi connectivity index (χ2v) is 6.55. The molecule has 4 rings (SSSR count).